The number of benzene rings is 3. The highest BCUT2D eigenvalue weighted by Gasteiger charge is 2.07. The molecular weight excluding hydrogens is 284 g/mol. The van der Waals surface area contributed by atoms with Crippen LogP contribution >= 0.6 is 0 Å². The summed E-state index contributed by atoms with van der Waals surface area (Å²) in [5.41, 5.74) is 5.09. The van der Waals surface area contributed by atoms with Crippen molar-refractivity contribution in [1.82, 2.24) is 0 Å². The van der Waals surface area contributed by atoms with E-state index in [1.807, 2.05) is 54.6 Å². The van der Waals surface area contributed by atoms with Crippen LogP contribution in [0.15, 0.2) is 83.3 Å². The lowest BCUT2D eigenvalue weighted by molar-refractivity contribution is 0.282. The Bertz CT molecular complexity index is 952. The van der Waals surface area contributed by atoms with Crippen LogP contribution in [-0.4, -0.2) is 5.11 Å². The van der Waals surface area contributed by atoms with Crippen LogP contribution in [0.4, 0.5) is 0 Å². The smallest absolute Gasteiger partial charge is 0.135 e. The summed E-state index contributed by atoms with van der Waals surface area (Å²) in [6, 6.07) is 26.3. The molecule has 4 rings (SSSR count). The van der Waals surface area contributed by atoms with E-state index in [2.05, 4.69) is 24.3 Å². The summed E-state index contributed by atoms with van der Waals surface area (Å²) in [5.74, 6) is 0.877. The van der Waals surface area contributed by atoms with Crippen molar-refractivity contribution in [3.8, 4) is 22.5 Å². The van der Waals surface area contributed by atoms with Gasteiger partial charge in [-0.15, -0.1) is 0 Å². The Labute approximate surface area is 134 Å². The third-order valence-corrected chi connectivity index (χ3v) is 4.02. The maximum absolute atomic E-state index is 9.30. The number of aliphatic hydroxyl groups excluding tert-OH is 1. The number of rotatable bonds is 3. The standard InChI is InChI=1S/C21H16O2/c22-14-15-5-4-8-17(11-15)18-9-10-20-19(12-18)13-21(23-20)16-6-2-1-3-7-16/h1-13,22H,14H2. The van der Waals surface area contributed by atoms with Crippen molar-refractivity contribution >= 4 is 11.0 Å². The van der Waals surface area contributed by atoms with E-state index >= 15 is 0 Å². The van der Waals surface area contributed by atoms with E-state index in [9.17, 15) is 5.11 Å². The van der Waals surface area contributed by atoms with E-state index in [-0.39, 0.29) is 6.61 Å². The number of aliphatic hydroxyl groups is 1. The predicted octanol–water partition coefficient (Wildman–Crippen LogP) is 5.26. The lowest BCUT2D eigenvalue weighted by Crippen LogP contribution is -1.84. The highest BCUT2D eigenvalue weighted by atomic mass is 16.3. The van der Waals surface area contributed by atoms with E-state index in [0.29, 0.717) is 0 Å². The highest BCUT2D eigenvalue weighted by molar-refractivity contribution is 5.87. The zero-order valence-electron chi connectivity index (χ0n) is 12.6. The van der Waals surface area contributed by atoms with Gasteiger partial charge in [0, 0.05) is 10.9 Å². The Morgan fingerprint density at radius 2 is 1.48 bits per heavy atom. The van der Waals surface area contributed by atoms with E-state index in [1.165, 1.54) is 0 Å². The molecule has 1 N–H and O–H groups in total. The molecule has 1 heterocycles. The van der Waals surface area contributed by atoms with E-state index in [4.69, 9.17) is 4.42 Å². The van der Waals surface area contributed by atoms with Crippen LogP contribution in [0.2, 0.25) is 0 Å². The Morgan fingerprint density at radius 1 is 0.696 bits per heavy atom. The zero-order valence-corrected chi connectivity index (χ0v) is 12.6. The van der Waals surface area contributed by atoms with Crippen LogP contribution in [0.5, 0.6) is 0 Å². The average molecular weight is 300 g/mol. The molecule has 0 radical (unpaired) electrons. The molecule has 112 valence electrons. The molecule has 3 aromatic carbocycles. The average Bonchev–Trinajstić information content (AvgIpc) is 3.06. The number of fused-ring (bicyclic) bond motifs is 1. The van der Waals surface area contributed by atoms with Gasteiger partial charge in [0.15, 0.2) is 0 Å². The summed E-state index contributed by atoms with van der Waals surface area (Å²) in [6.45, 7) is 0.0555. The summed E-state index contributed by atoms with van der Waals surface area (Å²) < 4.78 is 5.95. The van der Waals surface area contributed by atoms with Gasteiger partial charge < -0.3 is 9.52 Å². The molecule has 0 saturated carbocycles. The van der Waals surface area contributed by atoms with E-state index in [0.717, 1.165) is 39.0 Å². The Kier molecular flexibility index (Phi) is 3.45. The zero-order chi connectivity index (χ0) is 15.6. The van der Waals surface area contributed by atoms with Gasteiger partial charge in [0.2, 0.25) is 0 Å². The van der Waals surface area contributed by atoms with Crippen LogP contribution < -0.4 is 0 Å². The summed E-state index contributed by atoms with van der Waals surface area (Å²) in [6.07, 6.45) is 0. The topological polar surface area (TPSA) is 33.4 Å². The van der Waals surface area contributed by atoms with Crippen molar-refractivity contribution in [3.63, 3.8) is 0 Å². The highest BCUT2D eigenvalue weighted by Crippen LogP contribution is 2.31. The summed E-state index contributed by atoms with van der Waals surface area (Å²) >= 11 is 0. The van der Waals surface area contributed by atoms with Crippen molar-refractivity contribution < 1.29 is 9.52 Å². The van der Waals surface area contributed by atoms with Crippen LogP contribution in [0.3, 0.4) is 0 Å². The first-order valence-corrected chi connectivity index (χ1v) is 7.63. The van der Waals surface area contributed by atoms with Gasteiger partial charge in [0.1, 0.15) is 11.3 Å². The van der Waals surface area contributed by atoms with E-state index < -0.39 is 0 Å². The molecule has 0 spiro atoms. The lowest BCUT2D eigenvalue weighted by atomic mass is 10.0. The monoisotopic (exact) mass is 300 g/mol. The first-order valence-electron chi connectivity index (χ1n) is 7.63. The van der Waals surface area contributed by atoms with Crippen molar-refractivity contribution in [2.75, 3.05) is 0 Å². The SMILES string of the molecule is OCc1cccc(-c2ccc3oc(-c4ccccc4)cc3c2)c1. The molecule has 2 heteroatoms. The normalized spacial score (nSPS) is 11.0. The molecule has 0 fully saturated rings. The molecule has 23 heavy (non-hydrogen) atoms. The minimum absolute atomic E-state index is 0.0555. The van der Waals surface area contributed by atoms with Crippen LogP contribution in [0, 0.1) is 0 Å². The second kappa shape index (κ2) is 5.75. The van der Waals surface area contributed by atoms with Gasteiger partial charge in [-0.1, -0.05) is 54.6 Å². The molecule has 0 atom stereocenters. The second-order valence-corrected chi connectivity index (χ2v) is 5.59. The fourth-order valence-electron chi connectivity index (χ4n) is 2.82. The van der Waals surface area contributed by atoms with Crippen molar-refractivity contribution in [2.24, 2.45) is 0 Å². The van der Waals surface area contributed by atoms with Gasteiger partial charge in [-0.05, 0) is 41.0 Å². The molecule has 2 nitrogen and oxygen atoms in total. The first-order chi connectivity index (χ1) is 11.3. The van der Waals surface area contributed by atoms with Gasteiger partial charge >= 0.3 is 0 Å². The third kappa shape index (κ3) is 2.65. The first kappa shape index (κ1) is 13.8. The van der Waals surface area contributed by atoms with Crippen LogP contribution in [0.1, 0.15) is 5.56 Å². The Morgan fingerprint density at radius 3 is 2.30 bits per heavy atom. The van der Waals surface area contributed by atoms with Crippen LogP contribution in [0.25, 0.3) is 33.4 Å². The van der Waals surface area contributed by atoms with Gasteiger partial charge in [0.05, 0.1) is 6.61 Å². The lowest BCUT2D eigenvalue weighted by Gasteiger charge is -2.03. The summed E-state index contributed by atoms with van der Waals surface area (Å²) in [5, 5.41) is 10.4. The van der Waals surface area contributed by atoms with Crippen LogP contribution in [-0.2, 0) is 6.61 Å². The predicted molar refractivity (Wildman–Crippen MR) is 93.0 cm³/mol. The minimum atomic E-state index is 0.0555. The van der Waals surface area contributed by atoms with Crippen molar-refractivity contribution in [3.05, 3.63) is 84.4 Å². The van der Waals surface area contributed by atoms with Gasteiger partial charge in [-0.25, -0.2) is 0 Å². The maximum Gasteiger partial charge on any atom is 0.135 e. The second-order valence-electron chi connectivity index (χ2n) is 5.59. The molecule has 0 amide bonds. The van der Waals surface area contributed by atoms with Crippen molar-refractivity contribution in [1.29, 1.82) is 0 Å². The molecule has 0 aliphatic rings. The molecule has 4 aromatic rings. The van der Waals surface area contributed by atoms with Gasteiger partial charge in [-0.2, -0.15) is 0 Å². The molecule has 1 aromatic heterocycles. The largest absolute Gasteiger partial charge is 0.456 e. The summed E-state index contributed by atoms with van der Waals surface area (Å²) in [7, 11) is 0. The fourth-order valence-corrected chi connectivity index (χ4v) is 2.82. The van der Waals surface area contributed by atoms with Crippen molar-refractivity contribution in [2.45, 2.75) is 6.61 Å². The molecular formula is C21H16O2. The fraction of sp³-hybridized carbons (Fsp3) is 0.0476. The third-order valence-electron chi connectivity index (χ3n) is 4.02. The molecule has 0 aliphatic heterocycles. The quantitative estimate of drug-likeness (QED) is 0.560. The Hall–Kier alpha value is -2.84. The number of hydrogen-bond donors (Lipinski definition) is 1. The van der Waals surface area contributed by atoms with E-state index in [1.54, 1.807) is 0 Å². The maximum atomic E-state index is 9.30. The molecule has 0 bridgehead atoms. The molecule has 0 saturated heterocycles. The van der Waals surface area contributed by atoms with Gasteiger partial charge in [-0.3, -0.25) is 0 Å². The number of furan rings is 1. The number of hydrogen-bond acceptors (Lipinski definition) is 2. The minimum Gasteiger partial charge on any atom is -0.456 e. The summed E-state index contributed by atoms with van der Waals surface area (Å²) in [4.78, 5) is 0. The molecule has 0 aliphatic carbocycles. The van der Waals surface area contributed by atoms with Gasteiger partial charge in [0.25, 0.3) is 0 Å². The molecule has 0 unspecified atom stereocenters. The Balaban J connectivity index is 1.79.